The number of aliphatic carboxylic acids is 1. The highest BCUT2D eigenvalue weighted by atomic mass is 16.4. The average Bonchev–Trinajstić information content (AvgIpc) is 2.77. The molecule has 1 rings (SSSR count). The van der Waals surface area contributed by atoms with E-state index in [9.17, 15) is 9.59 Å². The summed E-state index contributed by atoms with van der Waals surface area (Å²) < 4.78 is 0. The minimum absolute atomic E-state index is 0.0984. The number of likely N-dealkylation sites (tertiary alicyclic amines) is 1. The molecule has 1 unspecified atom stereocenters. The van der Waals surface area contributed by atoms with Gasteiger partial charge in [0.05, 0.1) is 0 Å². The fraction of sp³-hybridized carbons (Fsp3) is 0.857. The van der Waals surface area contributed by atoms with Crippen molar-refractivity contribution in [2.75, 3.05) is 6.54 Å². The van der Waals surface area contributed by atoms with E-state index in [0.29, 0.717) is 18.9 Å². The molecule has 5 heteroatoms. The van der Waals surface area contributed by atoms with Gasteiger partial charge in [0.2, 0.25) is 0 Å². The average molecular weight is 270 g/mol. The van der Waals surface area contributed by atoms with Crippen molar-refractivity contribution in [3.63, 3.8) is 0 Å². The summed E-state index contributed by atoms with van der Waals surface area (Å²) in [5.74, 6) is -0.224. The first-order chi connectivity index (χ1) is 8.91. The Morgan fingerprint density at radius 2 is 2.00 bits per heavy atom. The first kappa shape index (κ1) is 15.8. The highest BCUT2D eigenvalue weighted by Crippen LogP contribution is 2.17. The van der Waals surface area contributed by atoms with Crippen molar-refractivity contribution >= 4 is 12.0 Å². The van der Waals surface area contributed by atoms with Gasteiger partial charge in [-0.25, -0.2) is 9.59 Å². The van der Waals surface area contributed by atoms with Crippen LogP contribution < -0.4 is 5.32 Å². The number of carbonyl (C=O) groups is 2. The first-order valence-corrected chi connectivity index (χ1v) is 7.21. The number of rotatable bonds is 6. The molecule has 0 aliphatic carbocycles. The molecule has 110 valence electrons. The maximum absolute atomic E-state index is 12.0. The summed E-state index contributed by atoms with van der Waals surface area (Å²) in [7, 11) is 0. The lowest BCUT2D eigenvalue weighted by atomic mass is 10.0. The van der Waals surface area contributed by atoms with Gasteiger partial charge in [-0.3, -0.25) is 0 Å². The molecule has 0 aromatic carbocycles. The molecule has 0 aromatic heterocycles. The monoisotopic (exact) mass is 270 g/mol. The minimum Gasteiger partial charge on any atom is -0.480 e. The Hall–Kier alpha value is -1.26. The summed E-state index contributed by atoms with van der Waals surface area (Å²) in [6, 6.07) is -0.786. The molecule has 19 heavy (non-hydrogen) atoms. The fourth-order valence-corrected chi connectivity index (χ4v) is 2.46. The zero-order valence-corrected chi connectivity index (χ0v) is 12.2. The third-order valence-corrected chi connectivity index (χ3v) is 3.59. The summed E-state index contributed by atoms with van der Waals surface area (Å²) >= 11 is 0. The van der Waals surface area contributed by atoms with Gasteiger partial charge in [-0.2, -0.15) is 0 Å². The van der Waals surface area contributed by atoms with Crippen LogP contribution >= 0.6 is 0 Å². The standard InChI is InChI=1S/C14H26N2O3/c1-10(2)6-4-7-11(3)15-14(19)16-9-5-8-12(16)13(17)18/h10-12H,4-9H2,1-3H3,(H,15,19)(H,17,18)/t11?,12-/m1/s1. The largest absolute Gasteiger partial charge is 0.480 e. The molecule has 0 bridgehead atoms. The number of carboxylic acid groups (broad SMARTS) is 1. The third kappa shape index (κ3) is 5.09. The minimum atomic E-state index is -0.903. The van der Waals surface area contributed by atoms with E-state index in [2.05, 4.69) is 19.2 Å². The Kier molecular flexibility index (Phi) is 6.12. The molecule has 1 saturated heterocycles. The topological polar surface area (TPSA) is 69.6 Å². The van der Waals surface area contributed by atoms with E-state index in [1.807, 2.05) is 6.92 Å². The van der Waals surface area contributed by atoms with Crippen LogP contribution in [0.5, 0.6) is 0 Å². The highest BCUT2D eigenvalue weighted by molar-refractivity contribution is 5.83. The van der Waals surface area contributed by atoms with Crippen LogP contribution in [0.3, 0.4) is 0 Å². The molecule has 5 nitrogen and oxygen atoms in total. The van der Waals surface area contributed by atoms with E-state index in [-0.39, 0.29) is 12.1 Å². The zero-order valence-electron chi connectivity index (χ0n) is 12.2. The van der Waals surface area contributed by atoms with E-state index < -0.39 is 12.0 Å². The van der Waals surface area contributed by atoms with Gasteiger partial charge in [0.15, 0.2) is 0 Å². The molecular formula is C14H26N2O3. The molecule has 1 fully saturated rings. The molecule has 0 radical (unpaired) electrons. The lowest BCUT2D eigenvalue weighted by molar-refractivity contribution is -0.141. The second-order valence-corrected chi connectivity index (χ2v) is 5.86. The lowest BCUT2D eigenvalue weighted by Gasteiger charge is -2.24. The first-order valence-electron chi connectivity index (χ1n) is 7.21. The number of amides is 2. The number of carboxylic acids is 1. The lowest BCUT2D eigenvalue weighted by Crippen LogP contribution is -2.48. The van der Waals surface area contributed by atoms with Crippen molar-refractivity contribution in [2.24, 2.45) is 5.92 Å². The van der Waals surface area contributed by atoms with Crippen LogP contribution in [0.4, 0.5) is 4.79 Å². The summed E-state index contributed by atoms with van der Waals surface area (Å²) in [6.45, 7) is 6.89. The second-order valence-electron chi connectivity index (χ2n) is 5.86. The van der Waals surface area contributed by atoms with Crippen molar-refractivity contribution in [3.05, 3.63) is 0 Å². The molecule has 0 spiro atoms. The van der Waals surface area contributed by atoms with Crippen LogP contribution in [0.2, 0.25) is 0 Å². The molecule has 2 atom stereocenters. The summed E-state index contributed by atoms with van der Waals surface area (Å²) in [5, 5.41) is 12.0. The predicted molar refractivity (Wildman–Crippen MR) is 74.0 cm³/mol. The number of urea groups is 1. The van der Waals surface area contributed by atoms with Gasteiger partial charge >= 0.3 is 12.0 Å². The molecule has 0 saturated carbocycles. The van der Waals surface area contributed by atoms with Crippen LogP contribution in [-0.2, 0) is 4.79 Å². The fourth-order valence-electron chi connectivity index (χ4n) is 2.46. The van der Waals surface area contributed by atoms with E-state index in [0.717, 1.165) is 25.7 Å². The number of carbonyl (C=O) groups excluding carboxylic acids is 1. The molecule has 1 heterocycles. The van der Waals surface area contributed by atoms with Crippen LogP contribution in [0.15, 0.2) is 0 Å². The van der Waals surface area contributed by atoms with Crippen molar-refractivity contribution in [1.29, 1.82) is 0 Å². The Morgan fingerprint density at radius 3 is 2.58 bits per heavy atom. The molecule has 1 aliphatic rings. The van der Waals surface area contributed by atoms with Crippen LogP contribution in [0.1, 0.15) is 52.9 Å². The summed E-state index contributed by atoms with van der Waals surface area (Å²) in [4.78, 5) is 24.5. The van der Waals surface area contributed by atoms with Gasteiger partial charge in [0.1, 0.15) is 6.04 Å². The summed E-state index contributed by atoms with van der Waals surface area (Å²) in [6.07, 6.45) is 4.51. The van der Waals surface area contributed by atoms with Gasteiger partial charge < -0.3 is 15.3 Å². The van der Waals surface area contributed by atoms with Gasteiger partial charge in [-0.05, 0) is 32.1 Å². The Morgan fingerprint density at radius 1 is 1.32 bits per heavy atom. The van der Waals surface area contributed by atoms with Gasteiger partial charge in [0.25, 0.3) is 0 Å². The van der Waals surface area contributed by atoms with Crippen LogP contribution in [-0.4, -0.2) is 40.6 Å². The quantitative estimate of drug-likeness (QED) is 0.779. The smallest absolute Gasteiger partial charge is 0.326 e. The molecule has 2 amide bonds. The van der Waals surface area contributed by atoms with Gasteiger partial charge in [0, 0.05) is 12.6 Å². The maximum atomic E-state index is 12.0. The third-order valence-electron chi connectivity index (χ3n) is 3.59. The highest BCUT2D eigenvalue weighted by Gasteiger charge is 2.34. The number of hydrogen-bond acceptors (Lipinski definition) is 2. The van der Waals surface area contributed by atoms with Crippen molar-refractivity contribution in [3.8, 4) is 0 Å². The van der Waals surface area contributed by atoms with Crippen LogP contribution in [0, 0.1) is 5.92 Å². The number of nitrogens with zero attached hydrogens (tertiary/aromatic N) is 1. The zero-order chi connectivity index (χ0) is 14.4. The normalized spacial score (nSPS) is 20.6. The van der Waals surface area contributed by atoms with Crippen molar-refractivity contribution in [1.82, 2.24) is 10.2 Å². The maximum Gasteiger partial charge on any atom is 0.326 e. The Bertz CT molecular complexity index is 318. The van der Waals surface area contributed by atoms with E-state index in [1.165, 1.54) is 4.90 Å². The summed E-state index contributed by atoms with van der Waals surface area (Å²) in [5.41, 5.74) is 0. The number of hydrogen-bond donors (Lipinski definition) is 2. The van der Waals surface area contributed by atoms with Crippen molar-refractivity contribution < 1.29 is 14.7 Å². The molecule has 1 aliphatic heterocycles. The second kappa shape index (κ2) is 7.36. The van der Waals surface area contributed by atoms with Crippen molar-refractivity contribution in [2.45, 2.75) is 65.0 Å². The van der Waals surface area contributed by atoms with Gasteiger partial charge in [-0.15, -0.1) is 0 Å². The predicted octanol–water partition coefficient (Wildman–Crippen LogP) is 2.46. The number of nitrogens with one attached hydrogen (secondary N) is 1. The van der Waals surface area contributed by atoms with E-state index in [4.69, 9.17) is 5.11 Å². The molecule has 0 aromatic rings. The Labute approximate surface area is 115 Å². The SMILES string of the molecule is CC(C)CCCC(C)NC(=O)N1CCC[C@@H]1C(=O)O. The van der Waals surface area contributed by atoms with E-state index in [1.54, 1.807) is 0 Å². The molecular weight excluding hydrogens is 244 g/mol. The van der Waals surface area contributed by atoms with E-state index >= 15 is 0 Å². The van der Waals surface area contributed by atoms with Crippen LogP contribution in [0.25, 0.3) is 0 Å². The molecule has 2 N–H and O–H groups in total. The van der Waals surface area contributed by atoms with Gasteiger partial charge in [-0.1, -0.05) is 26.7 Å². The Balaban J connectivity index is 2.35.